The van der Waals surface area contributed by atoms with Crippen molar-refractivity contribution in [2.24, 2.45) is 5.73 Å². The molecule has 0 aliphatic carbocycles. The number of primary amides is 1. The Labute approximate surface area is 189 Å². The van der Waals surface area contributed by atoms with Gasteiger partial charge in [0.15, 0.2) is 5.50 Å². The van der Waals surface area contributed by atoms with Crippen LogP contribution in [-0.2, 0) is 24.1 Å². The molecule has 13 heteroatoms. The van der Waals surface area contributed by atoms with Gasteiger partial charge in [0.1, 0.15) is 10.7 Å². The summed E-state index contributed by atoms with van der Waals surface area (Å²) in [6.45, 7) is 3.14. The minimum atomic E-state index is -4.51. The molecule has 2 N–H and O–H groups in total. The van der Waals surface area contributed by atoms with E-state index < -0.39 is 23.3 Å². The Morgan fingerprint density at radius 3 is 2.62 bits per heavy atom. The van der Waals surface area contributed by atoms with E-state index in [2.05, 4.69) is 9.97 Å². The van der Waals surface area contributed by atoms with E-state index in [0.717, 1.165) is 17.3 Å². The summed E-state index contributed by atoms with van der Waals surface area (Å²) in [5, 5.41) is 2.68. The summed E-state index contributed by atoms with van der Waals surface area (Å²) in [6.07, 6.45) is -1.69. The lowest BCUT2D eigenvalue weighted by molar-refractivity contribution is -0.141. The van der Waals surface area contributed by atoms with Crippen molar-refractivity contribution >= 4 is 35.0 Å². The van der Waals surface area contributed by atoms with Gasteiger partial charge in [-0.1, -0.05) is 17.8 Å². The second-order valence-electron chi connectivity index (χ2n) is 7.22. The Kier molecular flexibility index (Phi) is 6.03. The zero-order chi connectivity index (χ0) is 23.0. The number of hydrogen-bond donors (Lipinski definition) is 1. The monoisotopic (exact) mass is 484 g/mol. The first-order valence-corrected chi connectivity index (χ1v) is 11.3. The highest BCUT2D eigenvalue weighted by molar-refractivity contribution is 8.04. The number of pyridine rings is 1. The molecule has 0 spiro atoms. The van der Waals surface area contributed by atoms with Gasteiger partial charge in [0, 0.05) is 43.1 Å². The first kappa shape index (κ1) is 22.4. The third-order valence-electron chi connectivity index (χ3n) is 5.14. The number of thiazole rings is 1. The molecule has 1 fully saturated rings. The van der Waals surface area contributed by atoms with Gasteiger partial charge in [-0.15, -0.1) is 11.3 Å². The highest BCUT2D eigenvalue weighted by atomic mass is 32.2. The SMILES string of the molecule is CC1=C(C(N)=O)SC(N2CCN(Cc3ccc(C(F)(F)F)nc3)C2=O)N1Cc1nccs1. The van der Waals surface area contributed by atoms with E-state index in [1.54, 1.807) is 22.9 Å². The molecule has 0 aromatic carbocycles. The van der Waals surface area contributed by atoms with Crippen molar-refractivity contribution in [2.75, 3.05) is 13.1 Å². The molecule has 1 atom stereocenters. The fourth-order valence-corrected chi connectivity index (χ4v) is 5.46. The molecule has 3 amide bonds. The van der Waals surface area contributed by atoms with Crippen LogP contribution >= 0.6 is 23.1 Å². The van der Waals surface area contributed by atoms with Crippen LogP contribution in [0, 0.1) is 0 Å². The van der Waals surface area contributed by atoms with E-state index in [1.165, 1.54) is 29.2 Å². The van der Waals surface area contributed by atoms with Crippen LogP contribution in [-0.4, -0.2) is 55.2 Å². The van der Waals surface area contributed by atoms with Crippen molar-refractivity contribution in [2.45, 2.75) is 31.7 Å². The van der Waals surface area contributed by atoms with Gasteiger partial charge in [0.2, 0.25) is 0 Å². The van der Waals surface area contributed by atoms with Crippen LogP contribution in [0.1, 0.15) is 23.2 Å². The number of urea groups is 1. The van der Waals surface area contributed by atoms with Gasteiger partial charge < -0.3 is 15.5 Å². The summed E-state index contributed by atoms with van der Waals surface area (Å²) in [4.78, 5) is 38.3. The number of amides is 3. The quantitative estimate of drug-likeness (QED) is 0.677. The molecule has 0 bridgehead atoms. The molecule has 2 aromatic rings. The molecular formula is C19H19F3N6O2S2. The Hall–Kier alpha value is -2.80. The molecule has 2 aliphatic rings. The maximum Gasteiger partial charge on any atom is 0.433 e. The van der Waals surface area contributed by atoms with E-state index in [0.29, 0.717) is 35.8 Å². The van der Waals surface area contributed by atoms with Crippen LogP contribution < -0.4 is 5.73 Å². The number of aromatic nitrogens is 2. The largest absolute Gasteiger partial charge is 0.433 e. The van der Waals surface area contributed by atoms with Crippen molar-refractivity contribution in [3.8, 4) is 0 Å². The minimum absolute atomic E-state index is 0.138. The Morgan fingerprint density at radius 1 is 1.25 bits per heavy atom. The number of halogens is 3. The number of thioether (sulfide) groups is 1. The molecule has 32 heavy (non-hydrogen) atoms. The van der Waals surface area contributed by atoms with Crippen LogP contribution in [0.2, 0.25) is 0 Å². The Morgan fingerprint density at radius 2 is 2.03 bits per heavy atom. The van der Waals surface area contributed by atoms with Crippen molar-refractivity contribution in [3.05, 3.63) is 56.8 Å². The van der Waals surface area contributed by atoms with Gasteiger partial charge in [0.05, 0.1) is 11.4 Å². The second kappa shape index (κ2) is 8.62. The summed E-state index contributed by atoms with van der Waals surface area (Å²) in [5.74, 6) is -0.557. The van der Waals surface area contributed by atoms with E-state index in [1.807, 2.05) is 10.3 Å². The van der Waals surface area contributed by atoms with Crippen LogP contribution in [0.5, 0.6) is 0 Å². The van der Waals surface area contributed by atoms with Gasteiger partial charge in [0.25, 0.3) is 5.91 Å². The number of hydrogen-bond acceptors (Lipinski definition) is 7. The fourth-order valence-electron chi connectivity index (χ4n) is 3.55. The molecule has 1 saturated heterocycles. The number of allylic oxidation sites excluding steroid dienone is 1. The van der Waals surface area contributed by atoms with Crippen LogP contribution in [0.15, 0.2) is 40.5 Å². The lowest BCUT2D eigenvalue weighted by Crippen LogP contribution is -2.45. The average Bonchev–Trinajstić information content (AvgIpc) is 3.44. The zero-order valence-electron chi connectivity index (χ0n) is 16.9. The maximum absolute atomic E-state index is 13.1. The number of rotatable bonds is 6. The van der Waals surface area contributed by atoms with Gasteiger partial charge in [-0.2, -0.15) is 13.2 Å². The predicted octanol–water partition coefficient (Wildman–Crippen LogP) is 3.04. The molecule has 8 nitrogen and oxygen atoms in total. The van der Waals surface area contributed by atoms with Crippen molar-refractivity contribution in [1.82, 2.24) is 24.7 Å². The van der Waals surface area contributed by atoms with Crippen LogP contribution in [0.3, 0.4) is 0 Å². The number of carbonyl (C=O) groups is 2. The van der Waals surface area contributed by atoms with Gasteiger partial charge in [-0.3, -0.25) is 14.7 Å². The first-order chi connectivity index (χ1) is 15.1. The second-order valence-corrected chi connectivity index (χ2v) is 9.27. The summed E-state index contributed by atoms with van der Waals surface area (Å²) in [6, 6.07) is 1.95. The lowest BCUT2D eigenvalue weighted by atomic mass is 10.2. The zero-order valence-corrected chi connectivity index (χ0v) is 18.5. The van der Waals surface area contributed by atoms with E-state index in [9.17, 15) is 22.8 Å². The minimum Gasteiger partial charge on any atom is -0.365 e. The summed E-state index contributed by atoms with van der Waals surface area (Å²) >= 11 is 2.69. The molecule has 4 rings (SSSR count). The third-order valence-corrected chi connectivity index (χ3v) is 7.36. The number of nitrogens with zero attached hydrogens (tertiary/aromatic N) is 5. The molecule has 2 aliphatic heterocycles. The lowest BCUT2D eigenvalue weighted by Gasteiger charge is -2.33. The number of alkyl halides is 3. The summed E-state index contributed by atoms with van der Waals surface area (Å²) in [5.41, 5.74) is 5.27. The van der Waals surface area contributed by atoms with E-state index in [4.69, 9.17) is 5.73 Å². The molecule has 0 saturated carbocycles. The highest BCUT2D eigenvalue weighted by Crippen LogP contribution is 2.41. The molecule has 4 heterocycles. The molecular weight excluding hydrogens is 465 g/mol. The van der Waals surface area contributed by atoms with Crippen molar-refractivity contribution in [1.29, 1.82) is 0 Å². The molecule has 0 radical (unpaired) electrons. The number of carbonyl (C=O) groups excluding carboxylic acids is 2. The highest BCUT2D eigenvalue weighted by Gasteiger charge is 2.43. The van der Waals surface area contributed by atoms with Gasteiger partial charge in [-0.25, -0.2) is 9.78 Å². The normalized spacial score (nSPS) is 19.4. The van der Waals surface area contributed by atoms with Crippen LogP contribution in [0.25, 0.3) is 0 Å². The van der Waals surface area contributed by atoms with Gasteiger partial charge >= 0.3 is 12.2 Å². The van der Waals surface area contributed by atoms with Gasteiger partial charge in [-0.05, 0) is 18.6 Å². The van der Waals surface area contributed by atoms with E-state index in [-0.39, 0.29) is 12.6 Å². The molecule has 2 aromatic heterocycles. The summed E-state index contributed by atoms with van der Waals surface area (Å²) < 4.78 is 38.2. The first-order valence-electron chi connectivity index (χ1n) is 9.55. The molecule has 170 valence electrons. The fraction of sp³-hybridized carbons (Fsp3) is 0.368. The number of nitrogens with two attached hydrogens (primary N) is 1. The molecule has 1 unspecified atom stereocenters. The Balaban J connectivity index is 1.49. The van der Waals surface area contributed by atoms with Crippen molar-refractivity contribution in [3.63, 3.8) is 0 Å². The van der Waals surface area contributed by atoms with E-state index >= 15 is 0 Å². The topological polar surface area (TPSA) is 95.7 Å². The smallest absolute Gasteiger partial charge is 0.365 e. The van der Waals surface area contributed by atoms with Crippen LogP contribution in [0.4, 0.5) is 18.0 Å². The average molecular weight is 485 g/mol. The standard InChI is InChI=1S/C19H19F3N6O2S2/c1-11-15(16(23)29)32-18(28(11)10-14-24-4-7-31-14)27-6-5-26(17(27)30)9-12-2-3-13(25-8-12)19(20,21)22/h2-4,7-8,18H,5-6,9-10H2,1H3,(H2,23,29). The Bertz CT molecular complexity index is 1040. The van der Waals surface area contributed by atoms with Crippen molar-refractivity contribution < 1.29 is 22.8 Å². The predicted molar refractivity (Wildman–Crippen MR) is 113 cm³/mol. The summed E-state index contributed by atoms with van der Waals surface area (Å²) in [7, 11) is 0. The third kappa shape index (κ3) is 4.39. The maximum atomic E-state index is 13.1.